The molecule has 3 N–H and O–H groups in total. The van der Waals surface area contributed by atoms with E-state index >= 15 is 0 Å². The normalized spacial score (nSPS) is 22.5. The van der Waals surface area contributed by atoms with Crippen molar-refractivity contribution in [1.82, 2.24) is 4.72 Å². The summed E-state index contributed by atoms with van der Waals surface area (Å²) >= 11 is 0. The van der Waals surface area contributed by atoms with Crippen molar-refractivity contribution in [2.45, 2.75) is 17.4 Å². The van der Waals surface area contributed by atoms with Gasteiger partial charge >= 0.3 is 0 Å². The Hall–Kier alpha value is -1.19. The zero-order valence-electron chi connectivity index (χ0n) is 9.84. The van der Waals surface area contributed by atoms with Crippen molar-refractivity contribution in [2.24, 2.45) is 0 Å². The molecule has 1 aliphatic rings. The van der Waals surface area contributed by atoms with Gasteiger partial charge < -0.3 is 5.73 Å². The van der Waals surface area contributed by atoms with E-state index in [1.165, 1.54) is 6.07 Å². The van der Waals surface area contributed by atoms with Crippen molar-refractivity contribution in [3.05, 3.63) is 24.0 Å². The molecule has 9 heteroatoms. The third kappa shape index (κ3) is 3.23. The van der Waals surface area contributed by atoms with Crippen LogP contribution in [0.4, 0.5) is 10.1 Å². The molecule has 1 atom stereocenters. The zero-order valence-corrected chi connectivity index (χ0v) is 11.5. The number of nitrogens with two attached hydrogens (primary N) is 1. The second-order valence-electron chi connectivity index (χ2n) is 4.41. The maximum atomic E-state index is 13.5. The van der Waals surface area contributed by atoms with E-state index in [-0.39, 0.29) is 23.6 Å². The lowest BCUT2D eigenvalue weighted by Gasteiger charge is -2.12. The molecule has 1 unspecified atom stereocenters. The molecule has 6 nitrogen and oxygen atoms in total. The number of sulfone groups is 1. The van der Waals surface area contributed by atoms with E-state index in [1.54, 1.807) is 0 Å². The molecular weight excluding hydrogens is 295 g/mol. The van der Waals surface area contributed by atoms with Gasteiger partial charge in [0.1, 0.15) is 10.7 Å². The molecule has 0 amide bonds. The maximum Gasteiger partial charge on any atom is 0.243 e. The van der Waals surface area contributed by atoms with Crippen LogP contribution in [-0.4, -0.2) is 34.4 Å². The highest BCUT2D eigenvalue weighted by Crippen LogP contribution is 2.20. The number of halogens is 1. The van der Waals surface area contributed by atoms with E-state index in [1.807, 2.05) is 0 Å². The first-order valence-electron chi connectivity index (χ1n) is 5.47. The summed E-state index contributed by atoms with van der Waals surface area (Å²) < 4.78 is 62.1. The van der Waals surface area contributed by atoms with Gasteiger partial charge in [-0.2, -0.15) is 0 Å². The van der Waals surface area contributed by atoms with Gasteiger partial charge in [0, 0.05) is 11.7 Å². The molecule has 2 rings (SSSR count). The van der Waals surface area contributed by atoms with Gasteiger partial charge in [0.2, 0.25) is 10.0 Å². The van der Waals surface area contributed by atoms with Gasteiger partial charge in [-0.3, -0.25) is 0 Å². The first kappa shape index (κ1) is 14.2. The van der Waals surface area contributed by atoms with Crippen LogP contribution in [0.5, 0.6) is 0 Å². The predicted molar refractivity (Wildman–Crippen MR) is 68.2 cm³/mol. The molecule has 0 saturated carbocycles. The van der Waals surface area contributed by atoms with Crippen LogP contribution in [0.1, 0.15) is 6.42 Å². The third-order valence-corrected chi connectivity index (χ3v) is 6.10. The van der Waals surface area contributed by atoms with Crippen molar-refractivity contribution in [3.63, 3.8) is 0 Å². The summed E-state index contributed by atoms with van der Waals surface area (Å²) in [6.45, 7) is 0. The summed E-state index contributed by atoms with van der Waals surface area (Å²) in [5.74, 6) is -1.27. The molecule has 0 spiro atoms. The maximum absolute atomic E-state index is 13.5. The monoisotopic (exact) mass is 308 g/mol. The fraction of sp³-hybridized carbons (Fsp3) is 0.400. The predicted octanol–water partition coefficient (Wildman–Crippen LogP) is -0.127. The van der Waals surface area contributed by atoms with Gasteiger partial charge in [-0.15, -0.1) is 0 Å². The van der Waals surface area contributed by atoms with Gasteiger partial charge in [-0.25, -0.2) is 25.9 Å². The lowest BCUT2D eigenvalue weighted by atomic mass is 10.3. The lowest BCUT2D eigenvalue weighted by Crippen LogP contribution is -2.36. The number of nitrogens with one attached hydrogen (secondary N) is 1. The Morgan fingerprint density at radius 3 is 2.63 bits per heavy atom. The molecule has 0 bridgehead atoms. The first-order valence-corrected chi connectivity index (χ1v) is 8.78. The van der Waals surface area contributed by atoms with Crippen molar-refractivity contribution < 1.29 is 21.2 Å². The lowest BCUT2D eigenvalue weighted by molar-refractivity contribution is 0.544. The Kier molecular flexibility index (Phi) is 3.54. The van der Waals surface area contributed by atoms with E-state index in [4.69, 9.17) is 5.73 Å². The smallest absolute Gasteiger partial charge is 0.243 e. The standard InChI is InChI=1S/C10H13FN2O4S2/c11-9-2-1-7(12)5-10(9)19(16,17)13-8-3-4-18(14,15)6-8/h1-2,5,8,13H,3-4,6,12H2. The van der Waals surface area contributed by atoms with E-state index in [0.717, 1.165) is 12.1 Å². The Labute approximate surface area is 110 Å². The molecular formula is C10H13FN2O4S2. The Morgan fingerprint density at radius 2 is 2.05 bits per heavy atom. The summed E-state index contributed by atoms with van der Waals surface area (Å²) in [6, 6.07) is 2.47. The van der Waals surface area contributed by atoms with Crippen LogP contribution in [0.2, 0.25) is 0 Å². The number of anilines is 1. The minimum Gasteiger partial charge on any atom is -0.399 e. The highest BCUT2D eigenvalue weighted by molar-refractivity contribution is 7.92. The van der Waals surface area contributed by atoms with E-state index in [0.29, 0.717) is 0 Å². The summed E-state index contributed by atoms with van der Waals surface area (Å²) in [4.78, 5) is -0.572. The Balaban J connectivity index is 2.26. The van der Waals surface area contributed by atoms with Gasteiger partial charge in [0.15, 0.2) is 9.84 Å². The van der Waals surface area contributed by atoms with Gasteiger partial charge in [0.05, 0.1) is 11.5 Å². The molecule has 1 heterocycles. The van der Waals surface area contributed by atoms with Crippen LogP contribution >= 0.6 is 0 Å². The highest BCUT2D eigenvalue weighted by Gasteiger charge is 2.32. The van der Waals surface area contributed by atoms with Crippen LogP contribution in [0, 0.1) is 5.82 Å². The number of sulfonamides is 1. The van der Waals surface area contributed by atoms with Crippen LogP contribution in [0.3, 0.4) is 0 Å². The van der Waals surface area contributed by atoms with Crippen molar-refractivity contribution in [2.75, 3.05) is 17.2 Å². The molecule has 1 fully saturated rings. The summed E-state index contributed by atoms with van der Waals surface area (Å²) in [6.07, 6.45) is 0.186. The molecule has 1 saturated heterocycles. The minimum absolute atomic E-state index is 0.0698. The van der Waals surface area contributed by atoms with E-state index in [9.17, 15) is 21.2 Å². The SMILES string of the molecule is Nc1ccc(F)c(S(=O)(=O)NC2CCS(=O)(=O)C2)c1. The number of hydrogen-bond donors (Lipinski definition) is 2. The minimum atomic E-state index is -4.12. The Morgan fingerprint density at radius 1 is 1.37 bits per heavy atom. The summed E-state index contributed by atoms with van der Waals surface area (Å²) in [5.41, 5.74) is 5.53. The van der Waals surface area contributed by atoms with Crippen molar-refractivity contribution in [1.29, 1.82) is 0 Å². The van der Waals surface area contributed by atoms with E-state index < -0.39 is 36.6 Å². The Bertz CT molecular complexity index is 700. The topological polar surface area (TPSA) is 106 Å². The molecule has 0 aromatic heterocycles. The average Bonchev–Trinajstić information content (AvgIpc) is 2.60. The fourth-order valence-electron chi connectivity index (χ4n) is 1.90. The van der Waals surface area contributed by atoms with Crippen molar-refractivity contribution >= 4 is 25.5 Å². The number of benzene rings is 1. The molecule has 0 radical (unpaired) electrons. The van der Waals surface area contributed by atoms with Crippen molar-refractivity contribution in [3.8, 4) is 0 Å². The fourth-order valence-corrected chi connectivity index (χ4v) is 5.06. The first-order chi connectivity index (χ1) is 8.70. The van der Waals surface area contributed by atoms with E-state index in [2.05, 4.69) is 4.72 Å². The third-order valence-electron chi connectivity index (χ3n) is 2.80. The molecule has 0 aliphatic carbocycles. The quantitative estimate of drug-likeness (QED) is 0.757. The van der Waals surface area contributed by atoms with Gasteiger partial charge in [-0.1, -0.05) is 0 Å². The molecule has 1 aromatic rings. The second-order valence-corrected chi connectivity index (χ2v) is 8.32. The van der Waals surface area contributed by atoms with Crippen LogP contribution in [0.25, 0.3) is 0 Å². The molecule has 106 valence electrons. The number of nitrogen functional groups attached to an aromatic ring is 1. The average molecular weight is 308 g/mol. The molecule has 1 aliphatic heterocycles. The number of hydrogen-bond acceptors (Lipinski definition) is 5. The molecule has 1 aromatic carbocycles. The summed E-state index contributed by atoms with van der Waals surface area (Å²) in [5, 5.41) is 0. The second kappa shape index (κ2) is 4.73. The number of rotatable bonds is 3. The van der Waals surface area contributed by atoms with Gasteiger partial charge in [-0.05, 0) is 24.6 Å². The van der Waals surface area contributed by atoms with Gasteiger partial charge in [0.25, 0.3) is 0 Å². The van der Waals surface area contributed by atoms with Crippen LogP contribution in [0.15, 0.2) is 23.1 Å². The highest BCUT2D eigenvalue weighted by atomic mass is 32.2. The van der Waals surface area contributed by atoms with Crippen LogP contribution < -0.4 is 10.5 Å². The largest absolute Gasteiger partial charge is 0.399 e. The van der Waals surface area contributed by atoms with Crippen LogP contribution in [-0.2, 0) is 19.9 Å². The zero-order chi connectivity index (χ0) is 14.3. The molecule has 19 heavy (non-hydrogen) atoms. The summed E-state index contributed by atoms with van der Waals surface area (Å²) in [7, 11) is -7.33.